The lowest BCUT2D eigenvalue weighted by Gasteiger charge is -2.34. The monoisotopic (exact) mass is 522 g/mol. The van der Waals surface area contributed by atoms with Gasteiger partial charge in [0.05, 0.1) is 0 Å². The number of hydrogen-bond donors (Lipinski definition) is 1. The first-order valence-corrected chi connectivity index (χ1v) is 10.6. The van der Waals surface area contributed by atoms with Crippen molar-refractivity contribution in [1.29, 1.82) is 0 Å². The van der Waals surface area contributed by atoms with Crippen molar-refractivity contribution in [2.24, 2.45) is 10.9 Å². The zero-order valence-electron chi connectivity index (χ0n) is 17.7. The molecule has 160 valence electrons. The first-order chi connectivity index (χ1) is 12.8. The molecule has 1 unspecified atom stereocenters. The number of likely N-dealkylation sites (tertiary alicyclic amines) is 1. The Morgan fingerprint density at radius 1 is 1.46 bits per heavy atom. The maximum absolute atomic E-state index is 12.3. The third-order valence-electron chi connectivity index (χ3n) is 4.57. The van der Waals surface area contributed by atoms with Crippen molar-refractivity contribution in [2.75, 3.05) is 40.3 Å². The van der Waals surface area contributed by atoms with Gasteiger partial charge in [-0.05, 0) is 57.4 Å². The van der Waals surface area contributed by atoms with E-state index in [0.29, 0.717) is 5.92 Å². The number of nitrogens with one attached hydrogen (secondary N) is 1. The minimum Gasteiger partial charge on any atom is -0.444 e. The Labute approximate surface area is 190 Å². The van der Waals surface area contributed by atoms with E-state index < -0.39 is 5.60 Å². The molecule has 28 heavy (non-hydrogen) atoms. The van der Waals surface area contributed by atoms with E-state index in [1.807, 2.05) is 32.7 Å². The Morgan fingerprint density at radius 3 is 2.82 bits per heavy atom. The van der Waals surface area contributed by atoms with Crippen LogP contribution in [0.25, 0.3) is 0 Å². The van der Waals surface area contributed by atoms with E-state index in [4.69, 9.17) is 4.74 Å². The van der Waals surface area contributed by atoms with E-state index in [2.05, 4.69) is 39.8 Å². The number of carbonyl (C=O) groups is 1. The van der Waals surface area contributed by atoms with Crippen LogP contribution in [-0.4, -0.2) is 67.7 Å². The molecule has 1 aromatic rings. The van der Waals surface area contributed by atoms with E-state index in [1.54, 1.807) is 11.3 Å². The van der Waals surface area contributed by atoms with Crippen LogP contribution in [0.4, 0.5) is 4.79 Å². The van der Waals surface area contributed by atoms with Crippen LogP contribution in [0.5, 0.6) is 0 Å². The summed E-state index contributed by atoms with van der Waals surface area (Å²) in [6.45, 7) is 8.97. The van der Waals surface area contributed by atoms with E-state index in [-0.39, 0.29) is 30.1 Å². The van der Waals surface area contributed by atoms with Gasteiger partial charge in [-0.3, -0.25) is 4.99 Å². The van der Waals surface area contributed by atoms with Gasteiger partial charge in [0.15, 0.2) is 5.96 Å². The number of thiophene rings is 1. The van der Waals surface area contributed by atoms with E-state index in [1.165, 1.54) is 4.88 Å². The molecular formula is C20H35IN4O2S. The second kappa shape index (κ2) is 11.8. The van der Waals surface area contributed by atoms with E-state index >= 15 is 0 Å². The molecular weight excluding hydrogens is 487 g/mol. The molecule has 0 bridgehead atoms. The molecule has 0 aromatic carbocycles. The Morgan fingerprint density at radius 2 is 2.21 bits per heavy atom. The standard InChI is InChI=1S/C20H34N4O2S.HI/c1-20(2,3)26-19(25)24-11-6-8-16(15-24)14-22-18(21-4)23(5)12-10-17-9-7-13-27-17;/h7,9,13,16H,6,8,10-12,14-15H2,1-5H3,(H,21,22);1H. The van der Waals surface area contributed by atoms with Gasteiger partial charge in [0, 0.05) is 45.2 Å². The fraction of sp³-hybridized carbons (Fsp3) is 0.700. The van der Waals surface area contributed by atoms with Gasteiger partial charge in [0.25, 0.3) is 0 Å². The van der Waals surface area contributed by atoms with Gasteiger partial charge in [-0.2, -0.15) is 0 Å². The van der Waals surface area contributed by atoms with Crippen LogP contribution in [0.15, 0.2) is 22.5 Å². The highest BCUT2D eigenvalue weighted by molar-refractivity contribution is 14.0. The smallest absolute Gasteiger partial charge is 0.410 e. The van der Waals surface area contributed by atoms with Crippen molar-refractivity contribution in [1.82, 2.24) is 15.1 Å². The molecule has 0 aliphatic carbocycles. The SMILES string of the molecule is CN=C(NCC1CCCN(C(=O)OC(C)(C)C)C1)N(C)CCc1cccs1.I. The van der Waals surface area contributed by atoms with Gasteiger partial charge in [0.1, 0.15) is 5.60 Å². The van der Waals surface area contributed by atoms with Crippen LogP contribution in [0.3, 0.4) is 0 Å². The van der Waals surface area contributed by atoms with Crippen LogP contribution < -0.4 is 5.32 Å². The lowest BCUT2D eigenvalue weighted by molar-refractivity contribution is 0.0168. The molecule has 1 fully saturated rings. The first-order valence-electron chi connectivity index (χ1n) is 9.70. The number of aliphatic imine (C=N–C) groups is 1. The summed E-state index contributed by atoms with van der Waals surface area (Å²) in [6.07, 6.45) is 2.94. The summed E-state index contributed by atoms with van der Waals surface area (Å²) >= 11 is 1.79. The zero-order chi connectivity index (χ0) is 19.9. The number of carbonyl (C=O) groups excluding carboxylic acids is 1. The molecule has 1 aliphatic heterocycles. The number of amides is 1. The second-order valence-corrected chi connectivity index (χ2v) is 9.15. The molecule has 2 rings (SSSR count). The minimum absolute atomic E-state index is 0. The fourth-order valence-corrected chi connectivity index (χ4v) is 3.88. The van der Waals surface area contributed by atoms with Crippen LogP contribution in [0, 0.1) is 5.92 Å². The number of rotatable bonds is 5. The highest BCUT2D eigenvalue weighted by Crippen LogP contribution is 2.19. The third-order valence-corrected chi connectivity index (χ3v) is 5.50. The summed E-state index contributed by atoms with van der Waals surface area (Å²) < 4.78 is 5.51. The predicted octanol–water partition coefficient (Wildman–Crippen LogP) is 4.06. The molecule has 8 heteroatoms. The van der Waals surface area contributed by atoms with Crippen molar-refractivity contribution < 1.29 is 9.53 Å². The lowest BCUT2D eigenvalue weighted by atomic mass is 9.98. The molecule has 2 heterocycles. The van der Waals surface area contributed by atoms with Crippen molar-refractivity contribution in [3.8, 4) is 0 Å². The molecule has 0 spiro atoms. The molecule has 6 nitrogen and oxygen atoms in total. The molecule has 1 atom stereocenters. The Hall–Kier alpha value is -1.03. The number of guanidine groups is 1. The largest absolute Gasteiger partial charge is 0.444 e. The van der Waals surface area contributed by atoms with Gasteiger partial charge in [-0.25, -0.2) is 4.79 Å². The topological polar surface area (TPSA) is 57.2 Å². The number of piperidine rings is 1. The van der Waals surface area contributed by atoms with Crippen molar-refractivity contribution in [2.45, 2.75) is 45.6 Å². The van der Waals surface area contributed by atoms with Crippen molar-refractivity contribution in [3.05, 3.63) is 22.4 Å². The minimum atomic E-state index is -0.449. The van der Waals surface area contributed by atoms with E-state index in [9.17, 15) is 4.79 Å². The summed E-state index contributed by atoms with van der Waals surface area (Å²) in [7, 11) is 3.88. The van der Waals surface area contributed by atoms with Crippen LogP contribution in [-0.2, 0) is 11.2 Å². The summed E-state index contributed by atoms with van der Waals surface area (Å²) in [4.78, 5) is 22.1. The number of hydrogen-bond acceptors (Lipinski definition) is 4. The van der Waals surface area contributed by atoms with Crippen molar-refractivity contribution >= 4 is 47.4 Å². The highest BCUT2D eigenvalue weighted by Gasteiger charge is 2.27. The van der Waals surface area contributed by atoms with Gasteiger partial charge in [-0.15, -0.1) is 35.3 Å². The van der Waals surface area contributed by atoms with Gasteiger partial charge < -0.3 is 19.9 Å². The fourth-order valence-electron chi connectivity index (χ4n) is 3.18. The zero-order valence-corrected chi connectivity index (χ0v) is 20.9. The Balaban J connectivity index is 0.00000392. The predicted molar refractivity (Wildman–Crippen MR) is 128 cm³/mol. The first kappa shape index (κ1) is 25.0. The average molecular weight is 522 g/mol. The molecule has 1 aromatic heterocycles. The van der Waals surface area contributed by atoms with Crippen LogP contribution in [0.2, 0.25) is 0 Å². The van der Waals surface area contributed by atoms with E-state index in [0.717, 1.165) is 51.4 Å². The summed E-state index contributed by atoms with van der Waals surface area (Å²) in [6, 6.07) is 4.26. The number of halogens is 1. The van der Waals surface area contributed by atoms with Crippen molar-refractivity contribution in [3.63, 3.8) is 0 Å². The molecule has 1 aliphatic rings. The van der Waals surface area contributed by atoms with Crippen LogP contribution in [0.1, 0.15) is 38.5 Å². The lowest BCUT2D eigenvalue weighted by Crippen LogP contribution is -2.47. The normalized spacial score (nSPS) is 17.7. The summed E-state index contributed by atoms with van der Waals surface area (Å²) in [5.41, 5.74) is -0.449. The number of ether oxygens (including phenoxy) is 1. The van der Waals surface area contributed by atoms with Gasteiger partial charge in [0.2, 0.25) is 0 Å². The Kier molecular flexibility index (Phi) is 10.6. The van der Waals surface area contributed by atoms with Crippen LogP contribution >= 0.6 is 35.3 Å². The summed E-state index contributed by atoms with van der Waals surface area (Å²) in [5.74, 6) is 1.31. The number of nitrogens with zero attached hydrogens (tertiary/aromatic N) is 3. The Bertz CT molecular complexity index is 616. The maximum Gasteiger partial charge on any atom is 0.410 e. The molecule has 1 N–H and O–H groups in total. The molecule has 1 saturated heterocycles. The number of likely N-dealkylation sites (N-methyl/N-ethyl adjacent to an activating group) is 1. The molecule has 0 radical (unpaired) electrons. The third kappa shape index (κ3) is 8.55. The highest BCUT2D eigenvalue weighted by atomic mass is 127. The quantitative estimate of drug-likeness (QED) is 0.360. The second-order valence-electron chi connectivity index (χ2n) is 8.11. The average Bonchev–Trinajstić information content (AvgIpc) is 3.13. The summed E-state index contributed by atoms with van der Waals surface area (Å²) in [5, 5.41) is 5.59. The molecule has 1 amide bonds. The maximum atomic E-state index is 12.3. The molecule has 0 saturated carbocycles. The van der Waals surface area contributed by atoms with Gasteiger partial charge >= 0.3 is 6.09 Å². The van der Waals surface area contributed by atoms with Gasteiger partial charge in [-0.1, -0.05) is 6.07 Å².